The van der Waals surface area contributed by atoms with Crippen LogP contribution < -0.4 is 4.74 Å². The molecule has 0 aliphatic carbocycles. The van der Waals surface area contributed by atoms with Gasteiger partial charge in [0.25, 0.3) is 0 Å². The van der Waals surface area contributed by atoms with Gasteiger partial charge >= 0.3 is 0 Å². The summed E-state index contributed by atoms with van der Waals surface area (Å²) in [7, 11) is 1.62. The molecule has 132 valence electrons. The van der Waals surface area contributed by atoms with Crippen molar-refractivity contribution in [3.63, 3.8) is 0 Å². The molecule has 4 rings (SSSR count). The molecule has 0 radical (unpaired) electrons. The topological polar surface area (TPSA) is 77.5 Å². The maximum Gasteiger partial charge on any atom is 0.119 e. The molecule has 2 N–H and O–H groups in total. The number of aromatic amines is 2. The molecule has 0 aliphatic heterocycles. The fourth-order valence-corrected chi connectivity index (χ4v) is 3.17. The largest absolute Gasteiger partial charge is 0.497 e. The summed E-state index contributed by atoms with van der Waals surface area (Å²) in [5.74, 6) is 0.736. The van der Waals surface area contributed by atoms with Gasteiger partial charge in [0.2, 0.25) is 0 Å². The van der Waals surface area contributed by atoms with E-state index in [1.54, 1.807) is 7.11 Å². The Kier molecular flexibility index (Phi) is 4.46. The van der Waals surface area contributed by atoms with Crippen molar-refractivity contribution in [2.24, 2.45) is 0 Å². The number of nitriles is 1. The normalized spacial score (nSPS) is 10.5. The van der Waals surface area contributed by atoms with Crippen molar-refractivity contribution < 1.29 is 4.74 Å². The Hall–Kier alpha value is -3.78. The summed E-state index contributed by atoms with van der Waals surface area (Å²) in [6.45, 7) is 0. The van der Waals surface area contributed by atoms with E-state index in [-0.39, 0.29) is 0 Å². The molecule has 0 amide bonds. The number of hydrogen-bond acceptors (Lipinski definition) is 3. The lowest BCUT2D eigenvalue weighted by atomic mass is 10.0. The zero-order valence-corrected chi connectivity index (χ0v) is 14.9. The molecule has 2 aromatic heterocycles. The summed E-state index contributed by atoms with van der Waals surface area (Å²) < 4.78 is 5.28. The highest BCUT2D eigenvalue weighted by atomic mass is 16.5. The van der Waals surface area contributed by atoms with Gasteiger partial charge in [-0.05, 0) is 41.5 Å². The van der Waals surface area contributed by atoms with Crippen LogP contribution in [0.15, 0.2) is 66.9 Å². The molecule has 2 aromatic carbocycles. The van der Waals surface area contributed by atoms with Gasteiger partial charge in [-0.2, -0.15) is 10.4 Å². The minimum Gasteiger partial charge on any atom is -0.497 e. The third-order valence-corrected chi connectivity index (χ3v) is 4.51. The second kappa shape index (κ2) is 7.22. The van der Waals surface area contributed by atoms with E-state index in [0.717, 1.165) is 33.8 Å². The molecule has 5 heteroatoms. The van der Waals surface area contributed by atoms with Crippen LogP contribution >= 0.6 is 0 Å². The molecule has 0 aliphatic rings. The molecule has 27 heavy (non-hydrogen) atoms. The molecule has 0 saturated heterocycles. The van der Waals surface area contributed by atoms with Gasteiger partial charge in [-0.1, -0.05) is 30.3 Å². The molecule has 4 aromatic rings. The first-order chi connectivity index (χ1) is 13.3. The van der Waals surface area contributed by atoms with E-state index >= 15 is 0 Å². The van der Waals surface area contributed by atoms with E-state index in [4.69, 9.17) is 4.74 Å². The van der Waals surface area contributed by atoms with Crippen LogP contribution in [-0.2, 0) is 6.42 Å². The maximum atomic E-state index is 9.71. The fraction of sp³-hybridized carbons (Fsp3) is 0.0909. The van der Waals surface area contributed by atoms with Crippen molar-refractivity contribution in [1.82, 2.24) is 15.2 Å². The Morgan fingerprint density at radius 2 is 1.89 bits per heavy atom. The van der Waals surface area contributed by atoms with Crippen molar-refractivity contribution in [2.45, 2.75) is 6.42 Å². The molecule has 0 bridgehead atoms. The first-order valence-corrected chi connectivity index (χ1v) is 8.63. The number of ether oxygens (including phenoxy) is 1. The van der Waals surface area contributed by atoms with Crippen LogP contribution in [0.2, 0.25) is 0 Å². The lowest BCUT2D eigenvalue weighted by Crippen LogP contribution is -1.93. The first kappa shape index (κ1) is 16.7. The van der Waals surface area contributed by atoms with Gasteiger partial charge in [0.15, 0.2) is 0 Å². The number of methoxy groups -OCH3 is 1. The maximum absolute atomic E-state index is 9.71. The number of H-pyrrole nitrogens is 2. The van der Waals surface area contributed by atoms with E-state index in [1.165, 1.54) is 0 Å². The molecule has 0 atom stereocenters. The number of rotatable bonds is 5. The van der Waals surface area contributed by atoms with Gasteiger partial charge in [-0.25, -0.2) is 0 Å². The summed E-state index contributed by atoms with van der Waals surface area (Å²) in [5, 5.41) is 17.1. The highest BCUT2D eigenvalue weighted by molar-refractivity contribution is 5.69. The second-order valence-electron chi connectivity index (χ2n) is 6.23. The minimum atomic E-state index is 0.563. The zero-order valence-electron chi connectivity index (χ0n) is 14.9. The van der Waals surface area contributed by atoms with E-state index < -0.39 is 0 Å². The number of nitrogens with zero attached hydrogens (tertiary/aromatic N) is 2. The van der Waals surface area contributed by atoms with Crippen molar-refractivity contribution in [2.75, 3.05) is 7.11 Å². The molecular weight excluding hydrogens is 336 g/mol. The van der Waals surface area contributed by atoms with E-state index in [2.05, 4.69) is 39.4 Å². The Balaban J connectivity index is 1.67. The van der Waals surface area contributed by atoms with Crippen LogP contribution in [0.1, 0.15) is 16.8 Å². The average Bonchev–Trinajstić information content (AvgIpc) is 3.38. The van der Waals surface area contributed by atoms with Crippen molar-refractivity contribution in [1.29, 1.82) is 5.26 Å². The lowest BCUT2D eigenvalue weighted by molar-refractivity contribution is 0.415. The molecule has 2 heterocycles. The van der Waals surface area contributed by atoms with Crippen LogP contribution in [0.25, 0.3) is 22.5 Å². The Bertz CT molecular complexity index is 1100. The monoisotopic (exact) mass is 354 g/mol. The SMILES string of the molecule is COc1cccc(-c2n[nH]c(Cc3cccc(-c4ccc[nH]4)c3)c2C#N)c1. The van der Waals surface area contributed by atoms with Gasteiger partial charge in [0, 0.05) is 23.9 Å². The quantitative estimate of drug-likeness (QED) is 0.552. The van der Waals surface area contributed by atoms with Gasteiger partial charge < -0.3 is 9.72 Å². The second-order valence-corrected chi connectivity index (χ2v) is 6.23. The average molecular weight is 354 g/mol. The van der Waals surface area contributed by atoms with Crippen molar-refractivity contribution >= 4 is 0 Å². The van der Waals surface area contributed by atoms with Crippen LogP contribution in [0, 0.1) is 11.3 Å². The van der Waals surface area contributed by atoms with Gasteiger partial charge in [0.1, 0.15) is 23.1 Å². The van der Waals surface area contributed by atoms with Gasteiger partial charge in [-0.3, -0.25) is 5.10 Å². The van der Waals surface area contributed by atoms with E-state index in [9.17, 15) is 5.26 Å². The third-order valence-electron chi connectivity index (χ3n) is 4.51. The number of nitrogens with one attached hydrogen (secondary N) is 2. The number of benzene rings is 2. The molecule has 5 nitrogen and oxygen atoms in total. The molecule has 0 saturated carbocycles. The smallest absolute Gasteiger partial charge is 0.119 e. The summed E-state index contributed by atoms with van der Waals surface area (Å²) in [5.41, 5.74) is 6.16. The Morgan fingerprint density at radius 1 is 1.04 bits per heavy atom. The highest BCUT2D eigenvalue weighted by Gasteiger charge is 2.16. The summed E-state index contributed by atoms with van der Waals surface area (Å²) >= 11 is 0. The first-order valence-electron chi connectivity index (χ1n) is 8.63. The fourth-order valence-electron chi connectivity index (χ4n) is 3.17. The summed E-state index contributed by atoms with van der Waals surface area (Å²) in [6.07, 6.45) is 2.51. The van der Waals surface area contributed by atoms with Crippen LogP contribution in [0.5, 0.6) is 5.75 Å². The molecular formula is C22H18N4O. The third kappa shape index (κ3) is 3.33. The predicted octanol–water partition coefficient (Wildman–Crippen LogP) is 4.54. The molecule has 0 fully saturated rings. The van der Waals surface area contributed by atoms with E-state index in [1.807, 2.05) is 48.7 Å². The van der Waals surface area contributed by atoms with Crippen molar-refractivity contribution in [3.05, 3.63) is 83.7 Å². The standard InChI is InChI=1S/C22H18N4O/c1-27-18-8-3-7-17(13-18)22-19(14-23)21(25-26-22)12-15-5-2-6-16(11-15)20-9-4-10-24-20/h2-11,13,24H,12H2,1H3,(H,25,26). The van der Waals surface area contributed by atoms with Gasteiger partial charge in [-0.15, -0.1) is 0 Å². The minimum absolute atomic E-state index is 0.563. The van der Waals surface area contributed by atoms with Crippen molar-refractivity contribution in [3.8, 4) is 34.3 Å². The van der Waals surface area contributed by atoms with Crippen LogP contribution in [-0.4, -0.2) is 22.3 Å². The van der Waals surface area contributed by atoms with Crippen LogP contribution in [0.4, 0.5) is 0 Å². The summed E-state index contributed by atoms with van der Waals surface area (Å²) in [6, 6.07) is 22.2. The van der Waals surface area contributed by atoms with Gasteiger partial charge in [0.05, 0.1) is 12.8 Å². The molecule has 0 unspecified atom stereocenters. The lowest BCUT2D eigenvalue weighted by Gasteiger charge is -2.04. The Labute approximate surface area is 157 Å². The number of hydrogen-bond donors (Lipinski definition) is 2. The molecule has 0 spiro atoms. The number of aromatic nitrogens is 3. The Morgan fingerprint density at radius 3 is 2.67 bits per heavy atom. The predicted molar refractivity (Wildman–Crippen MR) is 104 cm³/mol. The highest BCUT2D eigenvalue weighted by Crippen LogP contribution is 2.28. The van der Waals surface area contributed by atoms with Crippen LogP contribution in [0.3, 0.4) is 0 Å². The summed E-state index contributed by atoms with van der Waals surface area (Å²) in [4.78, 5) is 3.22. The van der Waals surface area contributed by atoms with E-state index in [0.29, 0.717) is 17.7 Å². The zero-order chi connectivity index (χ0) is 18.6.